The molecule has 3 aromatic rings. The molecule has 6 unspecified atom stereocenters. The van der Waals surface area contributed by atoms with Crippen molar-refractivity contribution in [1.29, 1.82) is 0 Å². The number of allylic oxidation sites excluding steroid dienone is 4. The smallest absolute Gasteiger partial charge is 0.303 e. The summed E-state index contributed by atoms with van der Waals surface area (Å²) in [5, 5.41) is 38.3. The maximum Gasteiger partial charge on any atom is 0.303 e. The number of hydrogen-bond donors (Lipinski definition) is 4. The van der Waals surface area contributed by atoms with Crippen molar-refractivity contribution in [2.75, 3.05) is 0 Å². The predicted molar refractivity (Wildman–Crippen MR) is 181 cm³/mol. The molecule has 7 rings (SSSR count). The van der Waals surface area contributed by atoms with Crippen LogP contribution in [-0.2, 0) is 19.1 Å². The van der Waals surface area contributed by atoms with Crippen molar-refractivity contribution in [3.63, 3.8) is 0 Å². The Labute approximate surface area is 283 Å². The van der Waals surface area contributed by atoms with Crippen LogP contribution < -0.4 is 5.43 Å². The van der Waals surface area contributed by atoms with Crippen molar-refractivity contribution >= 4 is 28.5 Å². The number of phenols is 3. The molecule has 0 amide bonds. The first kappa shape index (κ1) is 34.0. The maximum atomic E-state index is 12.8. The molecular formula is C39H42O10. The Hall–Kier alpha value is -4.86. The Kier molecular flexibility index (Phi) is 8.28. The second-order valence-corrected chi connectivity index (χ2v) is 14.5. The lowest BCUT2D eigenvalue weighted by Gasteiger charge is -2.58. The molecule has 258 valence electrons. The maximum absolute atomic E-state index is 12.8. The van der Waals surface area contributed by atoms with Gasteiger partial charge in [0.05, 0.1) is 5.39 Å². The number of Topliss-reactive ketones (excluding diaryl/α,β-unsaturated/α-hetero) is 1. The summed E-state index contributed by atoms with van der Waals surface area (Å²) in [6.45, 7) is 9.63. The minimum absolute atomic E-state index is 0.0160. The molecule has 2 fully saturated rings. The zero-order valence-corrected chi connectivity index (χ0v) is 28.3. The summed E-state index contributed by atoms with van der Waals surface area (Å²) in [6, 6.07) is 7.64. The first-order valence-corrected chi connectivity index (χ1v) is 16.7. The number of carbonyl (C=O) groups excluding carboxylic acids is 3. The lowest BCUT2D eigenvalue weighted by atomic mass is 9.47. The third kappa shape index (κ3) is 5.32. The summed E-state index contributed by atoms with van der Waals surface area (Å²) in [6.07, 6.45) is 9.20. The van der Waals surface area contributed by atoms with Gasteiger partial charge in [-0.05, 0) is 111 Å². The highest BCUT2D eigenvalue weighted by molar-refractivity contribution is 5.93. The van der Waals surface area contributed by atoms with E-state index in [0.717, 1.165) is 31.7 Å². The van der Waals surface area contributed by atoms with E-state index >= 15 is 0 Å². The first-order chi connectivity index (χ1) is 23.0. The van der Waals surface area contributed by atoms with Crippen LogP contribution in [0.25, 0.3) is 22.3 Å². The molecule has 1 heterocycles. The molecule has 4 aliphatic rings. The van der Waals surface area contributed by atoms with Gasteiger partial charge in [-0.1, -0.05) is 25.5 Å². The monoisotopic (exact) mass is 670 g/mol. The first-order valence-electron chi connectivity index (χ1n) is 16.7. The summed E-state index contributed by atoms with van der Waals surface area (Å²) < 4.78 is 11.3. The van der Waals surface area contributed by atoms with E-state index in [9.17, 15) is 39.6 Å². The van der Waals surface area contributed by atoms with Crippen LogP contribution in [0.2, 0.25) is 0 Å². The van der Waals surface area contributed by atoms with Crippen LogP contribution in [0.1, 0.15) is 73.1 Å². The molecule has 6 atom stereocenters. The minimum atomic E-state index is -0.990. The van der Waals surface area contributed by atoms with Crippen molar-refractivity contribution in [1.82, 2.24) is 0 Å². The SMILES string of the molecule is CC(=O)OC1(C(C)=O)CCC2C3C=C(C)C4=CC(=O)CCC4(C)C3CCC21C.O=c1c(O)c(-c2ccc(O)c(O)c2)oc2cc(O)ccc12. The molecule has 0 spiro atoms. The van der Waals surface area contributed by atoms with E-state index < -0.39 is 22.5 Å². The summed E-state index contributed by atoms with van der Waals surface area (Å²) in [7, 11) is 0. The summed E-state index contributed by atoms with van der Waals surface area (Å²) in [5.74, 6) is -0.576. The average Bonchev–Trinajstić information content (AvgIpc) is 3.34. The fourth-order valence-electron chi connectivity index (χ4n) is 9.51. The van der Waals surface area contributed by atoms with E-state index in [4.69, 9.17) is 9.15 Å². The predicted octanol–water partition coefficient (Wildman–Crippen LogP) is 6.86. The van der Waals surface area contributed by atoms with Crippen molar-refractivity contribution < 1.29 is 44.0 Å². The van der Waals surface area contributed by atoms with Crippen LogP contribution in [-0.4, -0.2) is 43.6 Å². The van der Waals surface area contributed by atoms with Crippen LogP contribution in [0.5, 0.6) is 23.0 Å². The highest BCUT2D eigenvalue weighted by Crippen LogP contribution is 2.67. The Balaban J connectivity index is 0.000000177. The number of aromatic hydroxyl groups is 4. The lowest BCUT2D eigenvalue weighted by molar-refractivity contribution is -0.185. The van der Waals surface area contributed by atoms with Gasteiger partial charge in [0.2, 0.25) is 11.2 Å². The van der Waals surface area contributed by atoms with Crippen molar-refractivity contribution in [3.05, 3.63) is 69.9 Å². The second kappa shape index (κ2) is 11.9. The van der Waals surface area contributed by atoms with Gasteiger partial charge in [-0.3, -0.25) is 19.2 Å². The quantitative estimate of drug-likeness (QED) is 0.170. The van der Waals surface area contributed by atoms with Crippen LogP contribution in [0.3, 0.4) is 0 Å². The molecule has 49 heavy (non-hydrogen) atoms. The van der Waals surface area contributed by atoms with Gasteiger partial charge >= 0.3 is 5.97 Å². The van der Waals surface area contributed by atoms with Gasteiger partial charge in [-0.15, -0.1) is 0 Å². The molecule has 4 N–H and O–H groups in total. The number of fused-ring (bicyclic) bond motifs is 6. The second-order valence-electron chi connectivity index (χ2n) is 14.5. The fraction of sp³-hybridized carbons (Fsp3) is 0.436. The van der Waals surface area contributed by atoms with Gasteiger partial charge in [-0.25, -0.2) is 0 Å². The summed E-state index contributed by atoms with van der Waals surface area (Å²) in [4.78, 5) is 48.8. The van der Waals surface area contributed by atoms with Crippen molar-refractivity contribution in [2.45, 2.75) is 78.7 Å². The number of rotatable bonds is 3. The molecule has 4 aliphatic carbocycles. The number of phenolic OH excluding ortho intramolecular Hbond substituents is 3. The molecule has 0 aliphatic heterocycles. The Morgan fingerprint density at radius 2 is 1.61 bits per heavy atom. The van der Waals surface area contributed by atoms with Gasteiger partial charge in [0.1, 0.15) is 11.3 Å². The average molecular weight is 671 g/mol. The van der Waals surface area contributed by atoms with Gasteiger partial charge in [0, 0.05) is 30.4 Å². The van der Waals surface area contributed by atoms with Crippen LogP contribution >= 0.6 is 0 Å². The number of esters is 1. The summed E-state index contributed by atoms with van der Waals surface area (Å²) in [5.41, 5.74) is 0.810. The molecule has 10 nitrogen and oxygen atoms in total. The normalized spacial score (nSPS) is 30.1. The summed E-state index contributed by atoms with van der Waals surface area (Å²) >= 11 is 0. The minimum Gasteiger partial charge on any atom is -0.508 e. The Morgan fingerprint density at radius 3 is 2.29 bits per heavy atom. The topological polar surface area (TPSA) is 172 Å². The highest BCUT2D eigenvalue weighted by atomic mass is 16.6. The standard InChI is InChI=1S/C24H32O4.C15H10O6/c1-14-12-18-19(22(4)9-6-17(27)13-21(14)22)7-10-23(5)20(18)8-11-24(23,15(2)25)28-16(3)26;16-8-2-3-9-12(6-8)21-15(14(20)13(9)19)7-1-4-10(17)11(18)5-7/h12-13,18-20H,6-11H2,1-5H3;1-6,16-18,20H. The van der Waals surface area contributed by atoms with Crippen molar-refractivity contribution in [2.24, 2.45) is 28.6 Å². The molecule has 0 radical (unpaired) electrons. The molecule has 2 aromatic carbocycles. The number of ether oxygens (including phenoxy) is 1. The molecule has 10 heteroatoms. The van der Waals surface area contributed by atoms with E-state index in [-0.39, 0.29) is 62.2 Å². The van der Waals surface area contributed by atoms with Gasteiger partial charge in [0.15, 0.2) is 34.4 Å². The molecular weight excluding hydrogens is 628 g/mol. The largest absolute Gasteiger partial charge is 0.508 e. The van der Waals surface area contributed by atoms with Gasteiger partial charge in [0.25, 0.3) is 0 Å². The van der Waals surface area contributed by atoms with E-state index in [1.54, 1.807) is 6.92 Å². The molecule has 0 bridgehead atoms. The van der Waals surface area contributed by atoms with E-state index in [1.807, 2.05) is 6.08 Å². The van der Waals surface area contributed by atoms with Crippen LogP contribution in [0.15, 0.2) is 68.9 Å². The Bertz CT molecular complexity index is 2020. The highest BCUT2D eigenvalue weighted by Gasteiger charge is 2.67. The van der Waals surface area contributed by atoms with Gasteiger partial charge < -0.3 is 29.6 Å². The number of hydrogen-bond acceptors (Lipinski definition) is 10. The number of ketones is 2. The molecule has 2 saturated carbocycles. The Morgan fingerprint density at radius 1 is 0.898 bits per heavy atom. The third-order valence-electron chi connectivity index (χ3n) is 11.9. The van der Waals surface area contributed by atoms with Crippen LogP contribution in [0.4, 0.5) is 0 Å². The lowest BCUT2D eigenvalue weighted by Crippen LogP contribution is -2.58. The third-order valence-corrected chi connectivity index (χ3v) is 11.9. The number of benzene rings is 2. The fourth-order valence-corrected chi connectivity index (χ4v) is 9.51. The number of carbonyl (C=O) groups is 3. The van der Waals surface area contributed by atoms with E-state index in [1.165, 1.54) is 48.4 Å². The van der Waals surface area contributed by atoms with E-state index in [2.05, 4.69) is 26.8 Å². The van der Waals surface area contributed by atoms with E-state index in [0.29, 0.717) is 30.6 Å². The molecule has 1 aromatic heterocycles. The van der Waals surface area contributed by atoms with Crippen molar-refractivity contribution in [3.8, 4) is 34.3 Å². The van der Waals surface area contributed by atoms with Crippen LogP contribution in [0, 0.1) is 28.6 Å². The zero-order chi connectivity index (χ0) is 35.6. The zero-order valence-electron chi connectivity index (χ0n) is 28.3. The van der Waals surface area contributed by atoms with Gasteiger partial charge in [-0.2, -0.15) is 0 Å². The molecule has 0 saturated heterocycles.